The van der Waals surface area contributed by atoms with Gasteiger partial charge >= 0.3 is 6.03 Å². The van der Waals surface area contributed by atoms with E-state index in [1.54, 1.807) is 36.7 Å². The van der Waals surface area contributed by atoms with E-state index in [2.05, 4.69) is 20.6 Å². The van der Waals surface area contributed by atoms with Gasteiger partial charge < -0.3 is 15.7 Å². The molecule has 7 heteroatoms. The third kappa shape index (κ3) is 4.91. The van der Waals surface area contributed by atoms with Crippen LogP contribution in [0.25, 0.3) is 0 Å². The van der Waals surface area contributed by atoms with Gasteiger partial charge in [0.15, 0.2) is 0 Å². The summed E-state index contributed by atoms with van der Waals surface area (Å²) in [6.45, 7) is 5.81. The van der Waals surface area contributed by atoms with E-state index in [4.69, 9.17) is 11.6 Å². The molecule has 3 N–H and O–H groups in total. The molecule has 2 rings (SSSR count). The molecule has 0 radical (unpaired) electrons. The summed E-state index contributed by atoms with van der Waals surface area (Å²) >= 11 is 5.84. The summed E-state index contributed by atoms with van der Waals surface area (Å²) in [6.07, 6.45) is 3.12. The van der Waals surface area contributed by atoms with Crippen LogP contribution in [0.4, 0.5) is 10.5 Å². The second-order valence-electron chi connectivity index (χ2n) is 6.43. The lowest BCUT2D eigenvalue weighted by Gasteiger charge is -2.18. The Labute approximate surface area is 146 Å². The highest BCUT2D eigenvalue weighted by Gasteiger charge is 2.17. The highest BCUT2D eigenvalue weighted by Crippen LogP contribution is 2.19. The molecule has 1 heterocycles. The van der Waals surface area contributed by atoms with Crippen molar-refractivity contribution in [2.45, 2.75) is 32.2 Å². The molecule has 1 aromatic carbocycles. The SMILES string of the molecule is CC(C)(C)c1ncc(NC(=O)NC(CO)c2ccc(Cl)cc2)cn1. The first-order valence-electron chi connectivity index (χ1n) is 7.56. The number of aliphatic hydroxyl groups is 1. The van der Waals surface area contributed by atoms with Crippen molar-refractivity contribution in [2.75, 3.05) is 11.9 Å². The van der Waals surface area contributed by atoms with Crippen molar-refractivity contribution < 1.29 is 9.90 Å². The molecule has 0 fully saturated rings. The fourth-order valence-corrected chi connectivity index (χ4v) is 2.16. The minimum absolute atomic E-state index is 0.155. The second kappa shape index (κ2) is 7.59. The van der Waals surface area contributed by atoms with Crippen molar-refractivity contribution >= 4 is 23.3 Å². The van der Waals surface area contributed by atoms with Crippen LogP contribution in [0.5, 0.6) is 0 Å². The predicted molar refractivity (Wildman–Crippen MR) is 94.2 cm³/mol. The number of urea groups is 1. The predicted octanol–water partition coefficient (Wildman–Crippen LogP) is 3.28. The average molecular weight is 349 g/mol. The lowest BCUT2D eigenvalue weighted by molar-refractivity contribution is 0.225. The largest absolute Gasteiger partial charge is 0.394 e. The van der Waals surface area contributed by atoms with Crippen molar-refractivity contribution in [3.8, 4) is 0 Å². The Morgan fingerprint density at radius 2 is 1.79 bits per heavy atom. The van der Waals surface area contributed by atoms with Gasteiger partial charge in [0, 0.05) is 10.4 Å². The van der Waals surface area contributed by atoms with Gasteiger partial charge in [-0.2, -0.15) is 0 Å². The van der Waals surface area contributed by atoms with Crippen LogP contribution >= 0.6 is 11.6 Å². The molecule has 0 aliphatic heterocycles. The maximum Gasteiger partial charge on any atom is 0.319 e. The Kier molecular flexibility index (Phi) is 5.75. The Morgan fingerprint density at radius 3 is 2.29 bits per heavy atom. The molecule has 2 amide bonds. The number of hydrogen-bond acceptors (Lipinski definition) is 4. The number of carbonyl (C=O) groups excluding carboxylic acids is 1. The van der Waals surface area contributed by atoms with Crippen molar-refractivity contribution in [1.82, 2.24) is 15.3 Å². The van der Waals surface area contributed by atoms with Crippen molar-refractivity contribution in [2.24, 2.45) is 0 Å². The fourth-order valence-electron chi connectivity index (χ4n) is 2.03. The van der Waals surface area contributed by atoms with E-state index in [1.165, 1.54) is 0 Å². The van der Waals surface area contributed by atoms with Gasteiger partial charge in [0.1, 0.15) is 5.82 Å². The molecule has 1 atom stereocenters. The molecule has 6 nitrogen and oxygen atoms in total. The highest BCUT2D eigenvalue weighted by molar-refractivity contribution is 6.30. The zero-order chi connectivity index (χ0) is 17.7. The van der Waals surface area contributed by atoms with Gasteiger partial charge in [0.05, 0.1) is 30.7 Å². The van der Waals surface area contributed by atoms with E-state index >= 15 is 0 Å². The lowest BCUT2D eigenvalue weighted by atomic mass is 9.96. The number of anilines is 1. The van der Waals surface area contributed by atoms with E-state index in [-0.39, 0.29) is 12.0 Å². The van der Waals surface area contributed by atoms with E-state index < -0.39 is 12.1 Å². The zero-order valence-electron chi connectivity index (χ0n) is 13.9. The fraction of sp³-hybridized carbons (Fsp3) is 0.353. The van der Waals surface area contributed by atoms with Crippen molar-refractivity contribution in [1.29, 1.82) is 0 Å². The molecular formula is C17H21ClN4O2. The van der Waals surface area contributed by atoms with Gasteiger partial charge in [-0.1, -0.05) is 44.5 Å². The third-order valence-corrected chi connectivity index (χ3v) is 3.59. The van der Waals surface area contributed by atoms with Crippen LogP contribution in [-0.2, 0) is 5.41 Å². The number of aliphatic hydroxyl groups excluding tert-OH is 1. The van der Waals surface area contributed by atoms with Crippen LogP contribution in [0.3, 0.4) is 0 Å². The molecule has 128 valence electrons. The number of amides is 2. The van der Waals surface area contributed by atoms with Gasteiger partial charge in [0.2, 0.25) is 0 Å². The Morgan fingerprint density at radius 1 is 1.21 bits per heavy atom. The summed E-state index contributed by atoms with van der Waals surface area (Å²) in [4.78, 5) is 20.6. The van der Waals surface area contributed by atoms with E-state index in [0.717, 1.165) is 5.56 Å². The van der Waals surface area contributed by atoms with Crippen LogP contribution in [0.1, 0.15) is 38.2 Å². The molecule has 2 aromatic rings. The number of halogens is 1. The maximum atomic E-state index is 12.1. The minimum Gasteiger partial charge on any atom is -0.394 e. The molecular weight excluding hydrogens is 328 g/mol. The molecule has 0 aliphatic carbocycles. The summed E-state index contributed by atoms with van der Waals surface area (Å²) in [7, 11) is 0. The monoisotopic (exact) mass is 348 g/mol. The Hall–Kier alpha value is -2.18. The van der Waals surface area contributed by atoms with E-state index in [1.807, 2.05) is 20.8 Å². The topological polar surface area (TPSA) is 87.1 Å². The summed E-state index contributed by atoms with van der Waals surface area (Å²) < 4.78 is 0. The van der Waals surface area contributed by atoms with Gasteiger partial charge in [-0.15, -0.1) is 0 Å². The normalized spacial score (nSPS) is 12.5. The van der Waals surface area contributed by atoms with E-state index in [0.29, 0.717) is 16.5 Å². The molecule has 1 unspecified atom stereocenters. The summed E-state index contributed by atoms with van der Waals surface area (Å²) in [5.41, 5.74) is 1.09. The summed E-state index contributed by atoms with van der Waals surface area (Å²) in [6, 6.07) is 5.94. The number of hydrogen-bond donors (Lipinski definition) is 3. The summed E-state index contributed by atoms with van der Waals surface area (Å²) in [5.74, 6) is 0.697. The van der Waals surface area contributed by atoms with Crippen molar-refractivity contribution in [3.05, 3.63) is 53.1 Å². The van der Waals surface area contributed by atoms with Gasteiger partial charge in [0.25, 0.3) is 0 Å². The molecule has 0 spiro atoms. The first-order valence-corrected chi connectivity index (χ1v) is 7.94. The number of nitrogens with one attached hydrogen (secondary N) is 2. The quantitative estimate of drug-likeness (QED) is 0.791. The third-order valence-electron chi connectivity index (χ3n) is 3.34. The van der Waals surface area contributed by atoms with Gasteiger partial charge in [-0.05, 0) is 17.7 Å². The number of benzene rings is 1. The highest BCUT2D eigenvalue weighted by atomic mass is 35.5. The zero-order valence-corrected chi connectivity index (χ0v) is 14.6. The molecule has 0 saturated heterocycles. The van der Waals surface area contributed by atoms with Gasteiger partial charge in [-0.25, -0.2) is 14.8 Å². The number of carbonyl (C=O) groups is 1. The summed E-state index contributed by atoms with van der Waals surface area (Å²) in [5, 5.41) is 15.4. The first-order chi connectivity index (χ1) is 11.3. The maximum absolute atomic E-state index is 12.1. The molecule has 0 bridgehead atoms. The molecule has 0 aliphatic rings. The number of aromatic nitrogens is 2. The average Bonchev–Trinajstić information content (AvgIpc) is 2.53. The van der Waals surface area contributed by atoms with Gasteiger partial charge in [-0.3, -0.25) is 0 Å². The van der Waals surface area contributed by atoms with Crippen molar-refractivity contribution in [3.63, 3.8) is 0 Å². The van der Waals surface area contributed by atoms with Crippen LogP contribution in [0.2, 0.25) is 5.02 Å². The first kappa shape index (κ1) is 18.2. The standard InChI is InChI=1S/C17H21ClN4O2/c1-17(2,3)15-19-8-13(9-20-15)21-16(24)22-14(10-23)11-4-6-12(18)7-5-11/h4-9,14,23H,10H2,1-3H3,(H2,21,22,24). The Balaban J connectivity index is 2.00. The molecule has 24 heavy (non-hydrogen) atoms. The number of nitrogens with zero attached hydrogens (tertiary/aromatic N) is 2. The lowest BCUT2D eigenvalue weighted by Crippen LogP contribution is -2.34. The molecule has 1 aromatic heterocycles. The smallest absolute Gasteiger partial charge is 0.319 e. The van der Waals surface area contributed by atoms with E-state index in [9.17, 15) is 9.90 Å². The van der Waals surface area contributed by atoms with Crippen LogP contribution < -0.4 is 10.6 Å². The van der Waals surface area contributed by atoms with Crippen LogP contribution in [-0.4, -0.2) is 27.7 Å². The molecule has 0 saturated carbocycles. The van der Waals surface area contributed by atoms with Crippen LogP contribution in [0.15, 0.2) is 36.7 Å². The Bertz CT molecular complexity index is 681. The number of rotatable bonds is 4. The minimum atomic E-state index is -0.531. The second-order valence-corrected chi connectivity index (χ2v) is 6.87. The van der Waals surface area contributed by atoms with Crippen LogP contribution in [0, 0.1) is 0 Å².